The minimum Gasteiger partial charge on any atom is -0.501 e. The van der Waals surface area contributed by atoms with Crippen LogP contribution in [0.25, 0.3) is 55.6 Å². The smallest absolute Gasteiger partial charge is 0.121 e. The third-order valence-electron chi connectivity index (χ3n) is 11.6. The molecule has 0 saturated heterocycles. The molecule has 0 aliphatic rings. The van der Waals surface area contributed by atoms with Crippen LogP contribution in [-0.4, -0.2) is 18.0 Å². The number of hydrogen-bond donors (Lipinski definition) is 0. The Morgan fingerprint density at radius 2 is 1.30 bits per heavy atom. The van der Waals surface area contributed by atoms with Gasteiger partial charge in [-0.2, -0.15) is 0 Å². The van der Waals surface area contributed by atoms with Crippen molar-refractivity contribution in [3.63, 3.8) is 0 Å². The van der Waals surface area contributed by atoms with Crippen LogP contribution in [0.5, 0.6) is 0 Å². The predicted octanol–water partition coefficient (Wildman–Crippen LogP) is 15.1. The zero-order chi connectivity index (χ0) is 43.0. The molecule has 5 aromatic carbocycles. The maximum absolute atomic E-state index is 6.61. The average Bonchev–Trinajstić information content (AvgIpc) is 3.61. The molecule has 61 heavy (non-hydrogen) atoms. The van der Waals surface area contributed by atoms with E-state index in [0.717, 1.165) is 50.0 Å². The van der Waals surface area contributed by atoms with E-state index < -0.39 is 8.07 Å². The largest absolute Gasteiger partial charge is 0.501 e. The Balaban J connectivity index is 0.000000262. The molecule has 0 bridgehead atoms. The van der Waals surface area contributed by atoms with Gasteiger partial charge in [0.25, 0.3) is 0 Å². The van der Waals surface area contributed by atoms with Crippen LogP contribution in [-0.2, 0) is 30.9 Å². The number of nitrogens with zero attached hydrogens (tertiary/aromatic N) is 2. The summed E-state index contributed by atoms with van der Waals surface area (Å²) in [5, 5.41) is 3.67. The van der Waals surface area contributed by atoms with Crippen molar-refractivity contribution in [3.05, 3.63) is 174 Å². The van der Waals surface area contributed by atoms with Gasteiger partial charge < -0.3 is 14.4 Å². The van der Waals surface area contributed by atoms with Crippen molar-refractivity contribution in [2.45, 2.75) is 105 Å². The second kappa shape index (κ2) is 18.2. The van der Waals surface area contributed by atoms with E-state index in [-0.39, 0.29) is 36.9 Å². The minimum atomic E-state index is -1.34. The van der Waals surface area contributed by atoms with Gasteiger partial charge in [-0.3, -0.25) is 0 Å². The number of furan rings is 1. The van der Waals surface area contributed by atoms with Crippen LogP contribution in [0, 0.1) is 12.1 Å². The number of benzene rings is 5. The van der Waals surface area contributed by atoms with Gasteiger partial charge in [-0.1, -0.05) is 171 Å². The van der Waals surface area contributed by atoms with Crippen LogP contribution < -0.4 is 5.19 Å². The quantitative estimate of drug-likeness (QED) is 0.118. The zero-order valence-electron chi connectivity index (χ0n) is 38.0. The molecule has 3 heterocycles. The molecule has 5 heteroatoms. The Morgan fingerprint density at radius 1 is 0.607 bits per heavy atom. The first kappa shape index (κ1) is 45.6. The van der Waals surface area contributed by atoms with Gasteiger partial charge in [0.15, 0.2) is 0 Å². The fraction of sp³-hybridized carbons (Fsp3) is 0.286. The molecular weight excluding hydrogens is 937 g/mol. The molecule has 0 fully saturated rings. The monoisotopic (exact) mass is 997 g/mol. The van der Waals surface area contributed by atoms with E-state index in [1.165, 1.54) is 38.6 Å². The van der Waals surface area contributed by atoms with Crippen molar-refractivity contribution < 1.29 is 24.5 Å². The maximum atomic E-state index is 6.61. The number of rotatable bonds is 7. The molecule has 0 amide bonds. The molecule has 0 N–H and O–H groups in total. The van der Waals surface area contributed by atoms with Crippen LogP contribution in [0.4, 0.5) is 0 Å². The molecule has 1 unspecified atom stereocenters. The third-order valence-corrected chi connectivity index (χ3v) is 13.7. The van der Waals surface area contributed by atoms with Crippen molar-refractivity contribution in [1.82, 2.24) is 9.97 Å². The first-order valence-corrected chi connectivity index (χ1v) is 24.9. The first-order valence-electron chi connectivity index (χ1n) is 21.4. The van der Waals surface area contributed by atoms with Gasteiger partial charge in [0.2, 0.25) is 0 Å². The molecular formula is C56H60IrN2OSi-2. The van der Waals surface area contributed by atoms with E-state index in [9.17, 15) is 0 Å². The van der Waals surface area contributed by atoms with E-state index in [1.54, 1.807) is 0 Å². The average molecular weight is 997 g/mol. The van der Waals surface area contributed by atoms with Crippen LogP contribution in [0.15, 0.2) is 138 Å². The Hall–Kier alpha value is -4.93. The van der Waals surface area contributed by atoms with Crippen molar-refractivity contribution in [3.8, 4) is 33.6 Å². The first-order chi connectivity index (χ1) is 28.4. The van der Waals surface area contributed by atoms with Crippen LogP contribution >= 0.6 is 0 Å². The second-order valence-corrected chi connectivity index (χ2v) is 24.7. The summed E-state index contributed by atoms with van der Waals surface area (Å²) >= 11 is 0. The summed E-state index contributed by atoms with van der Waals surface area (Å²) < 4.78 is 6.61. The summed E-state index contributed by atoms with van der Waals surface area (Å²) in [5.74, 6) is 0.796. The molecule has 0 saturated carbocycles. The van der Waals surface area contributed by atoms with Crippen LogP contribution in [0.2, 0.25) is 19.6 Å². The summed E-state index contributed by atoms with van der Waals surface area (Å²) in [4.78, 5) is 9.41. The van der Waals surface area contributed by atoms with Crippen molar-refractivity contribution >= 4 is 35.2 Å². The van der Waals surface area contributed by atoms with Gasteiger partial charge in [-0.25, -0.2) is 0 Å². The number of aromatic nitrogens is 2. The van der Waals surface area contributed by atoms with Crippen molar-refractivity contribution in [1.29, 1.82) is 0 Å². The van der Waals surface area contributed by atoms with Gasteiger partial charge in [-0.15, -0.1) is 54.1 Å². The summed E-state index contributed by atoms with van der Waals surface area (Å²) in [7, 11) is -1.34. The van der Waals surface area contributed by atoms with Gasteiger partial charge in [0.1, 0.15) is 5.58 Å². The molecule has 1 atom stereocenters. The zero-order valence-corrected chi connectivity index (χ0v) is 41.4. The fourth-order valence-corrected chi connectivity index (χ4v) is 9.51. The van der Waals surface area contributed by atoms with Crippen molar-refractivity contribution in [2.24, 2.45) is 0 Å². The summed E-state index contributed by atoms with van der Waals surface area (Å²) in [6, 6.07) is 49.6. The summed E-state index contributed by atoms with van der Waals surface area (Å²) in [6.45, 7) is 27.6. The van der Waals surface area contributed by atoms with E-state index in [2.05, 4.69) is 202 Å². The van der Waals surface area contributed by atoms with E-state index in [0.29, 0.717) is 5.92 Å². The Bertz CT molecular complexity index is 2720. The maximum Gasteiger partial charge on any atom is 0.121 e. The molecule has 0 spiro atoms. The van der Waals surface area contributed by atoms with Crippen LogP contribution in [0.3, 0.4) is 0 Å². The SMILES string of the molecule is CC(C)c1cc(-c2[c-]cccc2)ncc1[Si](C)(C)C.CC(c1ccccc1)c1ccnc(-c2[c-]ccc3c2oc2cc(-c4cc(C(C)(C)C)cc(C(C)(C)C)c4)ccc23)c1.[Ir]. The normalized spacial score (nSPS) is 12.5. The van der Waals surface area contributed by atoms with Gasteiger partial charge in [0, 0.05) is 43.8 Å². The number of hydrogen-bond acceptors (Lipinski definition) is 3. The Kier molecular flexibility index (Phi) is 13.6. The van der Waals surface area contributed by atoms with Gasteiger partial charge >= 0.3 is 0 Å². The molecule has 0 aliphatic heterocycles. The van der Waals surface area contributed by atoms with Crippen LogP contribution in [0.1, 0.15) is 102 Å². The standard InChI is InChI=1S/C39H38NO.C17H22NSi.Ir/c1-25(26-12-9-8-10-13-26)27-18-19-40-35(22-27)34-15-11-14-33-32-17-16-28(23-36(32)41-37(33)34)29-20-30(38(2,3)4)24-31(21-29)39(5,6)7;1-13(2)15-11-16(14-9-7-6-8-10-14)18-12-17(15)19(3,4)5;/h8-14,16-25H,1-7H3;6-9,11-13H,1-5H3;/q2*-1;. The van der Waals surface area contributed by atoms with Gasteiger partial charge in [0.05, 0.1) is 13.7 Å². The van der Waals surface area contributed by atoms with Crippen molar-refractivity contribution in [2.75, 3.05) is 0 Å². The molecule has 8 aromatic rings. The minimum absolute atomic E-state index is 0. The number of pyridine rings is 2. The Morgan fingerprint density at radius 3 is 1.92 bits per heavy atom. The van der Waals surface area contributed by atoms with E-state index >= 15 is 0 Å². The molecule has 1 radical (unpaired) electrons. The van der Waals surface area contributed by atoms with E-state index in [1.807, 2.05) is 30.5 Å². The molecule has 3 nitrogen and oxygen atoms in total. The topological polar surface area (TPSA) is 38.9 Å². The second-order valence-electron chi connectivity index (χ2n) is 19.7. The fourth-order valence-electron chi connectivity index (χ4n) is 7.83. The van der Waals surface area contributed by atoms with E-state index in [4.69, 9.17) is 9.40 Å². The number of fused-ring (bicyclic) bond motifs is 3. The Labute approximate surface area is 379 Å². The predicted molar refractivity (Wildman–Crippen MR) is 258 cm³/mol. The molecule has 0 aliphatic carbocycles. The molecule has 315 valence electrons. The molecule has 8 rings (SSSR count). The summed E-state index contributed by atoms with van der Waals surface area (Å²) in [5.41, 5.74) is 14.7. The third kappa shape index (κ3) is 10.2. The summed E-state index contributed by atoms with van der Waals surface area (Å²) in [6.07, 6.45) is 3.99. The molecule has 3 aromatic heterocycles. The van der Waals surface area contributed by atoms with Gasteiger partial charge in [-0.05, 0) is 78.8 Å².